The largest absolute Gasteiger partial charge is 0.347 e. The van der Waals surface area contributed by atoms with Crippen LogP contribution in [0.3, 0.4) is 0 Å². The van der Waals surface area contributed by atoms with Crippen molar-refractivity contribution in [2.75, 3.05) is 33.7 Å². The van der Waals surface area contributed by atoms with Gasteiger partial charge in [0.05, 0.1) is 0 Å². The predicted octanol–water partition coefficient (Wildman–Crippen LogP) is -1.48. The standard InChI is InChI=1S/C10H22N4O2/c1-8(4-7-14(2)3)13-10(16)9(15)12-6-5-11/h8H,4-7,11H2,1-3H3,(H,12,15)(H,13,16). The highest BCUT2D eigenvalue weighted by molar-refractivity contribution is 6.35. The van der Waals surface area contributed by atoms with Crippen LogP contribution in [0.25, 0.3) is 0 Å². The molecule has 94 valence electrons. The molecule has 6 heteroatoms. The summed E-state index contributed by atoms with van der Waals surface area (Å²) in [6.45, 7) is 3.39. The lowest BCUT2D eigenvalue weighted by Gasteiger charge is -2.16. The summed E-state index contributed by atoms with van der Waals surface area (Å²) in [6.07, 6.45) is 0.808. The Kier molecular flexibility index (Phi) is 7.49. The van der Waals surface area contributed by atoms with Gasteiger partial charge in [0.2, 0.25) is 0 Å². The number of hydrogen-bond donors (Lipinski definition) is 3. The van der Waals surface area contributed by atoms with Gasteiger partial charge in [0.25, 0.3) is 0 Å². The van der Waals surface area contributed by atoms with Crippen molar-refractivity contribution in [3.05, 3.63) is 0 Å². The fraction of sp³-hybridized carbons (Fsp3) is 0.800. The van der Waals surface area contributed by atoms with Crippen LogP contribution in [0.4, 0.5) is 0 Å². The van der Waals surface area contributed by atoms with Crippen molar-refractivity contribution in [3.8, 4) is 0 Å². The highest BCUT2D eigenvalue weighted by Crippen LogP contribution is 1.91. The predicted molar refractivity (Wildman–Crippen MR) is 62.8 cm³/mol. The summed E-state index contributed by atoms with van der Waals surface area (Å²) < 4.78 is 0. The van der Waals surface area contributed by atoms with Crippen molar-refractivity contribution >= 4 is 11.8 Å². The molecular formula is C10H22N4O2. The Morgan fingerprint density at radius 2 is 1.94 bits per heavy atom. The second-order valence-corrected chi connectivity index (χ2v) is 4.01. The van der Waals surface area contributed by atoms with Crippen LogP contribution in [-0.4, -0.2) is 56.5 Å². The first-order valence-corrected chi connectivity index (χ1v) is 5.40. The van der Waals surface area contributed by atoms with Gasteiger partial charge >= 0.3 is 11.8 Å². The number of nitrogens with one attached hydrogen (secondary N) is 2. The molecule has 0 heterocycles. The summed E-state index contributed by atoms with van der Waals surface area (Å²) in [4.78, 5) is 24.5. The molecule has 0 bridgehead atoms. The lowest BCUT2D eigenvalue weighted by atomic mass is 10.2. The van der Waals surface area contributed by atoms with Crippen LogP contribution in [0, 0.1) is 0 Å². The maximum atomic E-state index is 11.3. The summed E-state index contributed by atoms with van der Waals surface area (Å²) in [7, 11) is 3.92. The summed E-state index contributed by atoms with van der Waals surface area (Å²) in [5.41, 5.74) is 5.21. The molecule has 0 aromatic carbocycles. The molecule has 0 aliphatic rings. The van der Waals surface area contributed by atoms with E-state index in [1.54, 1.807) is 0 Å². The molecule has 0 aromatic rings. The Balaban J connectivity index is 3.80. The van der Waals surface area contributed by atoms with E-state index in [0.29, 0.717) is 13.1 Å². The smallest absolute Gasteiger partial charge is 0.309 e. The summed E-state index contributed by atoms with van der Waals surface area (Å²) in [5.74, 6) is -1.22. The second-order valence-electron chi connectivity index (χ2n) is 4.01. The number of hydrogen-bond acceptors (Lipinski definition) is 4. The normalized spacial score (nSPS) is 12.3. The van der Waals surface area contributed by atoms with Crippen LogP contribution < -0.4 is 16.4 Å². The molecule has 0 fully saturated rings. The van der Waals surface area contributed by atoms with Gasteiger partial charge in [-0.2, -0.15) is 0 Å². The van der Waals surface area contributed by atoms with Crippen molar-refractivity contribution in [2.24, 2.45) is 5.73 Å². The molecule has 1 unspecified atom stereocenters. The first-order chi connectivity index (χ1) is 7.47. The topological polar surface area (TPSA) is 87.5 Å². The van der Waals surface area contributed by atoms with E-state index in [1.807, 2.05) is 25.9 Å². The van der Waals surface area contributed by atoms with Crippen LogP contribution in [0.2, 0.25) is 0 Å². The van der Waals surface area contributed by atoms with Gasteiger partial charge in [-0.05, 0) is 34.0 Å². The van der Waals surface area contributed by atoms with Crippen molar-refractivity contribution < 1.29 is 9.59 Å². The first kappa shape index (κ1) is 14.9. The molecule has 0 radical (unpaired) electrons. The van der Waals surface area contributed by atoms with Crippen molar-refractivity contribution in [3.63, 3.8) is 0 Å². The highest BCUT2D eigenvalue weighted by atomic mass is 16.2. The summed E-state index contributed by atoms with van der Waals surface area (Å²) in [5, 5.41) is 5.04. The SMILES string of the molecule is CC(CCN(C)C)NC(=O)C(=O)NCCN. The molecule has 0 saturated carbocycles. The van der Waals surface area contributed by atoms with Gasteiger partial charge in [-0.3, -0.25) is 9.59 Å². The third kappa shape index (κ3) is 7.19. The number of rotatable bonds is 6. The van der Waals surface area contributed by atoms with Crippen LogP contribution >= 0.6 is 0 Å². The molecule has 2 amide bonds. The van der Waals surface area contributed by atoms with Gasteiger partial charge in [0.15, 0.2) is 0 Å². The van der Waals surface area contributed by atoms with Crippen LogP contribution in [0.5, 0.6) is 0 Å². The van der Waals surface area contributed by atoms with Gasteiger partial charge in [-0.25, -0.2) is 0 Å². The maximum Gasteiger partial charge on any atom is 0.309 e. The van der Waals surface area contributed by atoms with E-state index in [4.69, 9.17) is 5.73 Å². The molecule has 4 N–H and O–H groups in total. The van der Waals surface area contributed by atoms with Crippen molar-refractivity contribution in [1.82, 2.24) is 15.5 Å². The fourth-order valence-corrected chi connectivity index (χ4v) is 1.08. The Hall–Kier alpha value is -1.14. The van der Waals surface area contributed by atoms with Crippen molar-refractivity contribution in [2.45, 2.75) is 19.4 Å². The average Bonchev–Trinajstić information content (AvgIpc) is 2.22. The van der Waals surface area contributed by atoms with Crippen molar-refractivity contribution in [1.29, 1.82) is 0 Å². The minimum absolute atomic E-state index is 0.0153. The molecule has 1 atom stereocenters. The zero-order valence-electron chi connectivity index (χ0n) is 10.2. The minimum atomic E-state index is -0.623. The number of nitrogens with zero attached hydrogens (tertiary/aromatic N) is 1. The molecule has 0 aliphatic carbocycles. The zero-order chi connectivity index (χ0) is 12.6. The van der Waals surface area contributed by atoms with Gasteiger partial charge in [0.1, 0.15) is 0 Å². The number of carbonyl (C=O) groups excluding carboxylic acids is 2. The molecule has 0 rings (SSSR count). The van der Waals surface area contributed by atoms with E-state index in [-0.39, 0.29) is 6.04 Å². The monoisotopic (exact) mass is 230 g/mol. The van der Waals surface area contributed by atoms with E-state index in [1.165, 1.54) is 0 Å². The van der Waals surface area contributed by atoms with E-state index in [9.17, 15) is 9.59 Å². The maximum absolute atomic E-state index is 11.3. The molecule has 0 saturated heterocycles. The molecule has 0 aromatic heterocycles. The third-order valence-electron chi connectivity index (χ3n) is 2.02. The van der Waals surface area contributed by atoms with Gasteiger partial charge in [0, 0.05) is 19.1 Å². The van der Waals surface area contributed by atoms with E-state index in [2.05, 4.69) is 10.6 Å². The second kappa shape index (κ2) is 8.06. The Morgan fingerprint density at radius 3 is 2.44 bits per heavy atom. The average molecular weight is 230 g/mol. The lowest BCUT2D eigenvalue weighted by molar-refractivity contribution is -0.139. The lowest BCUT2D eigenvalue weighted by Crippen LogP contribution is -2.45. The molecule has 0 aliphatic heterocycles. The molecular weight excluding hydrogens is 208 g/mol. The van der Waals surface area contributed by atoms with Crippen LogP contribution in [0.1, 0.15) is 13.3 Å². The highest BCUT2D eigenvalue weighted by Gasteiger charge is 2.14. The Labute approximate surface area is 96.5 Å². The quantitative estimate of drug-likeness (QED) is 0.486. The Morgan fingerprint density at radius 1 is 1.31 bits per heavy atom. The van der Waals surface area contributed by atoms with E-state index >= 15 is 0 Å². The zero-order valence-corrected chi connectivity index (χ0v) is 10.2. The number of amides is 2. The van der Waals surface area contributed by atoms with E-state index < -0.39 is 11.8 Å². The van der Waals surface area contributed by atoms with Crippen LogP contribution in [-0.2, 0) is 9.59 Å². The fourth-order valence-electron chi connectivity index (χ4n) is 1.08. The molecule has 16 heavy (non-hydrogen) atoms. The minimum Gasteiger partial charge on any atom is -0.347 e. The number of nitrogens with two attached hydrogens (primary N) is 1. The van der Waals surface area contributed by atoms with Gasteiger partial charge < -0.3 is 21.3 Å². The van der Waals surface area contributed by atoms with E-state index in [0.717, 1.165) is 13.0 Å². The number of carbonyl (C=O) groups is 2. The summed E-state index contributed by atoms with van der Waals surface area (Å²) in [6, 6.07) is -0.0153. The van der Waals surface area contributed by atoms with Gasteiger partial charge in [-0.15, -0.1) is 0 Å². The third-order valence-corrected chi connectivity index (χ3v) is 2.02. The molecule has 6 nitrogen and oxygen atoms in total. The Bertz CT molecular complexity index is 231. The van der Waals surface area contributed by atoms with Crippen LogP contribution in [0.15, 0.2) is 0 Å². The summed E-state index contributed by atoms with van der Waals surface area (Å²) >= 11 is 0. The first-order valence-electron chi connectivity index (χ1n) is 5.40. The molecule has 0 spiro atoms. The van der Waals surface area contributed by atoms with Gasteiger partial charge in [-0.1, -0.05) is 0 Å².